The second-order valence-electron chi connectivity index (χ2n) is 5.86. The smallest absolute Gasteiger partial charge is 0.372 e. The lowest BCUT2D eigenvalue weighted by Gasteiger charge is -2.37. The minimum absolute atomic E-state index is 0.199. The average molecular weight is 294 g/mol. The van der Waals surface area contributed by atoms with E-state index < -0.39 is 12.8 Å². The van der Waals surface area contributed by atoms with E-state index in [-0.39, 0.29) is 6.61 Å². The maximum atomic E-state index is 11.9. The van der Waals surface area contributed by atoms with Crippen molar-refractivity contribution >= 4 is 0 Å². The fourth-order valence-electron chi connectivity index (χ4n) is 3.22. The van der Waals surface area contributed by atoms with Gasteiger partial charge in [0.2, 0.25) is 0 Å². The lowest BCUT2D eigenvalue weighted by Crippen LogP contribution is -2.47. The van der Waals surface area contributed by atoms with Crippen LogP contribution in [0.4, 0.5) is 13.2 Å². The average Bonchev–Trinajstić information content (AvgIpc) is 2.91. The van der Waals surface area contributed by atoms with E-state index in [1.54, 1.807) is 0 Å². The summed E-state index contributed by atoms with van der Waals surface area (Å²) in [5.41, 5.74) is 0. The molecule has 6 heteroatoms. The molecule has 20 heavy (non-hydrogen) atoms. The lowest BCUT2D eigenvalue weighted by atomic mass is 10.0. The summed E-state index contributed by atoms with van der Waals surface area (Å²) >= 11 is 0. The zero-order valence-corrected chi connectivity index (χ0v) is 12.0. The van der Waals surface area contributed by atoms with Crippen molar-refractivity contribution in [3.8, 4) is 0 Å². The molecule has 2 aliphatic heterocycles. The monoisotopic (exact) mass is 294 g/mol. The lowest BCUT2D eigenvalue weighted by molar-refractivity contribution is -0.174. The number of hydrogen-bond donors (Lipinski definition) is 0. The van der Waals surface area contributed by atoms with E-state index in [1.807, 2.05) is 0 Å². The van der Waals surface area contributed by atoms with Gasteiger partial charge < -0.3 is 9.64 Å². The van der Waals surface area contributed by atoms with Crippen LogP contribution in [0.3, 0.4) is 0 Å². The molecular weight excluding hydrogens is 269 g/mol. The van der Waals surface area contributed by atoms with Crippen LogP contribution >= 0.6 is 0 Å². The molecule has 2 heterocycles. The van der Waals surface area contributed by atoms with Gasteiger partial charge in [0, 0.05) is 25.7 Å². The van der Waals surface area contributed by atoms with Gasteiger partial charge in [-0.15, -0.1) is 0 Å². The van der Waals surface area contributed by atoms with Crippen LogP contribution in [0.25, 0.3) is 0 Å². The van der Waals surface area contributed by atoms with E-state index in [9.17, 15) is 13.2 Å². The minimum Gasteiger partial charge on any atom is -0.372 e. The Hall–Kier alpha value is -0.330. The number of halogens is 3. The highest BCUT2D eigenvalue weighted by atomic mass is 19.4. The van der Waals surface area contributed by atoms with Gasteiger partial charge in [-0.3, -0.25) is 4.90 Å². The van der Waals surface area contributed by atoms with Crippen LogP contribution in [0.2, 0.25) is 0 Å². The van der Waals surface area contributed by atoms with E-state index in [2.05, 4.69) is 14.5 Å². The van der Waals surface area contributed by atoms with Gasteiger partial charge in [-0.2, -0.15) is 13.2 Å². The first-order chi connectivity index (χ1) is 9.54. The van der Waals surface area contributed by atoms with Crippen molar-refractivity contribution in [1.82, 2.24) is 9.80 Å². The number of rotatable bonds is 6. The molecule has 0 N–H and O–H groups in total. The van der Waals surface area contributed by atoms with Crippen LogP contribution in [0, 0.1) is 0 Å². The Labute approximate surface area is 119 Å². The summed E-state index contributed by atoms with van der Waals surface area (Å²) in [6.45, 7) is 4.50. The molecule has 0 aromatic carbocycles. The Bertz CT molecular complexity index is 280. The Morgan fingerprint density at radius 1 is 1.05 bits per heavy atom. The van der Waals surface area contributed by atoms with Gasteiger partial charge in [0.25, 0.3) is 0 Å². The molecule has 2 aliphatic rings. The number of nitrogens with zero attached hydrogens (tertiary/aromatic N) is 2. The summed E-state index contributed by atoms with van der Waals surface area (Å²) in [7, 11) is 0. The Morgan fingerprint density at radius 2 is 1.80 bits per heavy atom. The number of likely N-dealkylation sites (tertiary alicyclic amines) is 2. The molecule has 0 saturated carbocycles. The Kier molecular flexibility index (Phi) is 6.11. The van der Waals surface area contributed by atoms with Gasteiger partial charge in [-0.25, -0.2) is 0 Å². The second kappa shape index (κ2) is 7.61. The van der Waals surface area contributed by atoms with Crippen molar-refractivity contribution < 1.29 is 17.9 Å². The van der Waals surface area contributed by atoms with E-state index >= 15 is 0 Å². The van der Waals surface area contributed by atoms with Gasteiger partial charge in [-0.1, -0.05) is 0 Å². The van der Waals surface area contributed by atoms with Crippen LogP contribution < -0.4 is 0 Å². The summed E-state index contributed by atoms with van der Waals surface area (Å²) in [6, 6.07) is 0.655. The first-order valence-electron chi connectivity index (χ1n) is 7.65. The molecule has 0 aromatic rings. The van der Waals surface area contributed by atoms with Gasteiger partial charge in [0.15, 0.2) is 0 Å². The van der Waals surface area contributed by atoms with Crippen LogP contribution in [-0.2, 0) is 4.74 Å². The van der Waals surface area contributed by atoms with Gasteiger partial charge in [0.1, 0.15) is 6.61 Å². The van der Waals surface area contributed by atoms with E-state index in [0.717, 1.165) is 19.6 Å². The SMILES string of the molecule is FC(F)(F)COCCCN1CCCC(N2CCCC2)C1. The molecule has 2 rings (SSSR count). The molecule has 118 valence electrons. The third kappa shape index (κ3) is 5.58. The molecule has 0 spiro atoms. The van der Waals surface area contributed by atoms with E-state index in [1.165, 1.54) is 38.8 Å². The van der Waals surface area contributed by atoms with E-state index in [4.69, 9.17) is 0 Å². The third-order valence-corrected chi connectivity index (χ3v) is 4.17. The van der Waals surface area contributed by atoms with Crippen molar-refractivity contribution in [3.05, 3.63) is 0 Å². The number of hydrogen-bond acceptors (Lipinski definition) is 3. The summed E-state index contributed by atoms with van der Waals surface area (Å²) in [6.07, 6.45) is 1.56. The molecule has 0 aromatic heterocycles. The highest BCUT2D eigenvalue weighted by molar-refractivity contribution is 4.83. The van der Waals surface area contributed by atoms with E-state index in [0.29, 0.717) is 12.5 Å². The molecule has 1 unspecified atom stereocenters. The number of ether oxygens (including phenoxy) is 1. The normalized spacial score (nSPS) is 26.2. The highest BCUT2D eigenvalue weighted by Crippen LogP contribution is 2.20. The van der Waals surface area contributed by atoms with Crippen molar-refractivity contribution in [2.45, 2.75) is 44.3 Å². The summed E-state index contributed by atoms with van der Waals surface area (Å²) in [4.78, 5) is 4.95. The summed E-state index contributed by atoms with van der Waals surface area (Å²) in [5, 5.41) is 0. The van der Waals surface area contributed by atoms with Gasteiger partial charge >= 0.3 is 6.18 Å². The van der Waals surface area contributed by atoms with Gasteiger partial charge in [-0.05, 0) is 51.7 Å². The number of piperidine rings is 1. The van der Waals surface area contributed by atoms with Crippen LogP contribution in [0.1, 0.15) is 32.1 Å². The molecular formula is C14H25F3N2O. The molecule has 2 fully saturated rings. The fraction of sp³-hybridized carbons (Fsp3) is 1.00. The largest absolute Gasteiger partial charge is 0.411 e. The fourth-order valence-corrected chi connectivity index (χ4v) is 3.22. The maximum absolute atomic E-state index is 11.9. The second-order valence-corrected chi connectivity index (χ2v) is 5.86. The standard InChI is InChI=1S/C14H25F3N2O/c15-14(16,17)12-20-10-4-7-18-6-3-5-13(11-18)19-8-1-2-9-19/h13H,1-12H2. The molecule has 0 aliphatic carbocycles. The molecule has 0 amide bonds. The molecule has 0 radical (unpaired) electrons. The predicted octanol–water partition coefficient (Wildman–Crippen LogP) is 2.52. The highest BCUT2D eigenvalue weighted by Gasteiger charge is 2.28. The van der Waals surface area contributed by atoms with Crippen LogP contribution in [-0.4, -0.2) is 68.0 Å². The minimum atomic E-state index is -4.20. The Morgan fingerprint density at radius 3 is 2.50 bits per heavy atom. The third-order valence-electron chi connectivity index (χ3n) is 4.17. The maximum Gasteiger partial charge on any atom is 0.411 e. The number of alkyl halides is 3. The van der Waals surface area contributed by atoms with Crippen molar-refractivity contribution in [1.29, 1.82) is 0 Å². The molecule has 2 saturated heterocycles. The molecule has 3 nitrogen and oxygen atoms in total. The summed E-state index contributed by atoms with van der Waals surface area (Å²) in [5.74, 6) is 0. The van der Waals surface area contributed by atoms with Crippen LogP contribution in [0.5, 0.6) is 0 Å². The zero-order chi connectivity index (χ0) is 14.4. The first kappa shape index (κ1) is 16.0. The first-order valence-corrected chi connectivity index (χ1v) is 7.65. The predicted molar refractivity (Wildman–Crippen MR) is 71.8 cm³/mol. The summed E-state index contributed by atoms with van der Waals surface area (Å²) < 4.78 is 40.4. The van der Waals surface area contributed by atoms with Gasteiger partial charge in [0.05, 0.1) is 0 Å². The van der Waals surface area contributed by atoms with Crippen LogP contribution in [0.15, 0.2) is 0 Å². The molecule has 0 bridgehead atoms. The zero-order valence-electron chi connectivity index (χ0n) is 12.0. The Balaban J connectivity index is 1.58. The van der Waals surface area contributed by atoms with Crippen molar-refractivity contribution in [2.24, 2.45) is 0 Å². The van der Waals surface area contributed by atoms with Crippen molar-refractivity contribution in [2.75, 3.05) is 45.9 Å². The topological polar surface area (TPSA) is 15.7 Å². The quantitative estimate of drug-likeness (QED) is 0.700. The molecule has 1 atom stereocenters. The van der Waals surface area contributed by atoms with Crippen molar-refractivity contribution in [3.63, 3.8) is 0 Å².